The molecule has 2 amide bonds. The van der Waals surface area contributed by atoms with Gasteiger partial charge < -0.3 is 15.1 Å². The molecule has 172 valence electrons. The Morgan fingerprint density at radius 2 is 1.53 bits per heavy atom. The molecule has 0 aliphatic carbocycles. The molecule has 1 unspecified atom stereocenters. The number of nitrogens with one attached hydrogen (secondary N) is 1. The molecule has 1 aliphatic rings. The number of para-hydroxylation sites is 1. The molecule has 6 heteroatoms. The summed E-state index contributed by atoms with van der Waals surface area (Å²) in [5.41, 5.74) is 2.76. The SMILES string of the molecule is CC(C)C(NC(=O)c1ccc(C(C)(C)C)cc1)C(=O)N1CCN(c2ccccc2Cl)CC1. The Morgan fingerprint density at radius 3 is 2.06 bits per heavy atom. The molecule has 3 rings (SSSR count). The number of carbonyl (C=O) groups is 2. The molecule has 2 aromatic rings. The number of anilines is 1. The van der Waals surface area contributed by atoms with E-state index in [1.165, 1.54) is 5.56 Å². The van der Waals surface area contributed by atoms with Gasteiger partial charge in [0.15, 0.2) is 0 Å². The molecule has 0 aromatic heterocycles. The Bertz CT molecular complexity index is 942. The maximum atomic E-state index is 13.3. The van der Waals surface area contributed by atoms with E-state index in [9.17, 15) is 9.59 Å². The molecule has 1 atom stereocenters. The van der Waals surface area contributed by atoms with Crippen LogP contribution in [0.3, 0.4) is 0 Å². The molecular weight excluding hydrogens is 422 g/mol. The quantitative estimate of drug-likeness (QED) is 0.708. The number of hydrogen-bond donors (Lipinski definition) is 1. The molecule has 1 fully saturated rings. The Balaban J connectivity index is 1.64. The Kier molecular flexibility index (Phi) is 7.50. The lowest BCUT2D eigenvalue weighted by Gasteiger charge is -2.38. The minimum absolute atomic E-state index is 0.0121. The summed E-state index contributed by atoms with van der Waals surface area (Å²) >= 11 is 6.33. The third-order valence-corrected chi connectivity index (χ3v) is 6.34. The third-order valence-electron chi connectivity index (χ3n) is 6.02. The van der Waals surface area contributed by atoms with Crippen LogP contribution in [-0.4, -0.2) is 48.9 Å². The number of rotatable bonds is 5. The average molecular weight is 456 g/mol. The summed E-state index contributed by atoms with van der Waals surface area (Å²) in [5.74, 6) is -0.257. The predicted octanol–water partition coefficient (Wildman–Crippen LogP) is 4.74. The summed E-state index contributed by atoms with van der Waals surface area (Å²) < 4.78 is 0. The van der Waals surface area contributed by atoms with E-state index >= 15 is 0 Å². The van der Waals surface area contributed by atoms with Gasteiger partial charge in [-0.1, -0.05) is 70.5 Å². The Hall–Kier alpha value is -2.53. The molecule has 0 spiro atoms. The fourth-order valence-corrected chi connectivity index (χ4v) is 4.19. The van der Waals surface area contributed by atoms with E-state index in [4.69, 9.17) is 11.6 Å². The number of carbonyl (C=O) groups excluding carboxylic acids is 2. The second-order valence-corrected chi connectivity index (χ2v) is 10.2. The molecule has 1 heterocycles. The lowest BCUT2D eigenvalue weighted by Crippen LogP contribution is -2.56. The molecule has 5 nitrogen and oxygen atoms in total. The highest BCUT2D eigenvalue weighted by atomic mass is 35.5. The zero-order valence-corrected chi connectivity index (χ0v) is 20.4. The summed E-state index contributed by atoms with van der Waals surface area (Å²) in [4.78, 5) is 30.2. The van der Waals surface area contributed by atoms with Crippen molar-refractivity contribution in [3.05, 3.63) is 64.7 Å². The Labute approximate surface area is 196 Å². The van der Waals surface area contributed by atoms with Gasteiger partial charge in [0, 0.05) is 31.7 Å². The average Bonchev–Trinajstić information content (AvgIpc) is 2.76. The zero-order chi connectivity index (χ0) is 23.5. The van der Waals surface area contributed by atoms with Gasteiger partial charge in [-0.15, -0.1) is 0 Å². The maximum absolute atomic E-state index is 13.3. The van der Waals surface area contributed by atoms with Crippen molar-refractivity contribution in [2.24, 2.45) is 5.92 Å². The monoisotopic (exact) mass is 455 g/mol. The molecular formula is C26H34ClN3O2. The minimum atomic E-state index is -0.559. The van der Waals surface area contributed by atoms with Gasteiger partial charge in [-0.3, -0.25) is 9.59 Å². The van der Waals surface area contributed by atoms with Gasteiger partial charge in [0.25, 0.3) is 5.91 Å². The highest BCUT2D eigenvalue weighted by Crippen LogP contribution is 2.26. The van der Waals surface area contributed by atoms with Crippen molar-refractivity contribution in [2.75, 3.05) is 31.1 Å². The zero-order valence-electron chi connectivity index (χ0n) is 19.7. The van der Waals surface area contributed by atoms with Crippen molar-refractivity contribution in [3.8, 4) is 0 Å². The van der Waals surface area contributed by atoms with Gasteiger partial charge in [0.05, 0.1) is 10.7 Å². The van der Waals surface area contributed by atoms with Crippen LogP contribution in [0.1, 0.15) is 50.5 Å². The van der Waals surface area contributed by atoms with E-state index in [1.807, 2.05) is 67.3 Å². The van der Waals surface area contributed by atoms with Crippen LogP contribution in [-0.2, 0) is 10.2 Å². The van der Waals surface area contributed by atoms with Crippen molar-refractivity contribution < 1.29 is 9.59 Å². The van der Waals surface area contributed by atoms with Crippen LogP contribution < -0.4 is 10.2 Å². The Morgan fingerprint density at radius 1 is 0.938 bits per heavy atom. The first-order chi connectivity index (χ1) is 15.1. The predicted molar refractivity (Wildman–Crippen MR) is 131 cm³/mol. The van der Waals surface area contributed by atoms with Crippen LogP contribution in [0.25, 0.3) is 0 Å². The van der Waals surface area contributed by atoms with E-state index in [-0.39, 0.29) is 23.1 Å². The molecule has 1 N–H and O–H groups in total. The lowest BCUT2D eigenvalue weighted by atomic mass is 9.86. The van der Waals surface area contributed by atoms with E-state index in [0.29, 0.717) is 31.7 Å². The lowest BCUT2D eigenvalue weighted by molar-refractivity contribution is -0.134. The minimum Gasteiger partial charge on any atom is -0.367 e. The fraction of sp³-hybridized carbons (Fsp3) is 0.462. The highest BCUT2D eigenvalue weighted by Gasteiger charge is 2.31. The van der Waals surface area contributed by atoms with E-state index in [0.717, 1.165) is 10.7 Å². The first-order valence-electron chi connectivity index (χ1n) is 11.3. The standard InChI is InChI=1S/C26H34ClN3O2/c1-18(2)23(28-24(31)19-10-12-20(13-11-19)26(3,4)5)25(32)30-16-14-29(15-17-30)22-9-7-6-8-21(22)27/h6-13,18,23H,14-17H2,1-5H3,(H,28,31). The van der Waals surface area contributed by atoms with E-state index in [2.05, 4.69) is 31.0 Å². The highest BCUT2D eigenvalue weighted by molar-refractivity contribution is 6.33. The summed E-state index contributed by atoms with van der Waals surface area (Å²) in [6, 6.07) is 14.8. The van der Waals surface area contributed by atoms with Crippen molar-refractivity contribution in [2.45, 2.75) is 46.1 Å². The molecule has 1 saturated heterocycles. The second-order valence-electron chi connectivity index (χ2n) is 9.79. The summed E-state index contributed by atoms with van der Waals surface area (Å²) in [6.07, 6.45) is 0. The number of amides is 2. The normalized spacial score (nSPS) is 15.6. The number of piperazine rings is 1. The number of halogens is 1. The number of nitrogens with zero attached hydrogens (tertiary/aromatic N) is 2. The first-order valence-corrected chi connectivity index (χ1v) is 11.7. The molecule has 1 aliphatic heterocycles. The maximum Gasteiger partial charge on any atom is 0.251 e. The van der Waals surface area contributed by atoms with Crippen molar-refractivity contribution in [1.29, 1.82) is 0 Å². The largest absolute Gasteiger partial charge is 0.367 e. The second kappa shape index (κ2) is 9.95. The van der Waals surface area contributed by atoms with Crippen LogP contribution in [0.15, 0.2) is 48.5 Å². The first kappa shape index (κ1) is 24.1. The van der Waals surface area contributed by atoms with Gasteiger partial charge in [0.1, 0.15) is 6.04 Å². The third kappa shape index (κ3) is 5.63. The molecule has 32 heavy (non-hydrogen) atoms. The van der Waals surface area contributed by atoms with Crippen LogP contribution >= 0.6 is 11.6 Å². The van der Waals surface area contributed by atoms with E-state index < -0.39 is 6.04 Å². The van der Waals surface area contributed by atoms with Gasteiger partial charge in [-0.05, 0) is 41.2 Å². The summed E-state index contributed by atoms with van der Waals surface area (Å²) in [7, 11) is 0. The number of benzene rings is 2. The molecule has 0 radical (unpaired) electrons. The van der Waals surface area contributed by atoms with Crippen molar-refractivity contribution in [3.63, 3.8) is 0 Å². The molecule has 2 aromatic carbocycles. The van der Waals surface area contributed by atoms with Crippen LogP contribution in [0, 0.1) is 5.92 Å². The molecule has 0 bridgehead atoms. The topological polar surface area (TPSA) is 52.7 Å². The summed E-state index contributed by atoms with van der Waals surface area (Å²) in [6.45, 7) is 13.0. The van der Waals surface area contributed by atoms with Crippen molar-refractivity contribution >= 4 is 29.1 Å². The van der Waals surface area contributed by atoms with Crippen LogP contribution in [0.2, 0.25) is 5.02 Å². The van der Waals surface area contributed by atoms with Gasteiger partial charge in [-0.2, -0.15) is 0 Å². The fourth-order valence-electron chi connectivity index (χ4n) is 3.93. The molecule has 0 saturated carbocycles. The van der Waals surface area contributed by atoms with Crippen LogP contribution in [0.4, 0.5) is 5.69 Å². The van der Waals surface area contributed by atoms with Gasteiger partial charge in [0.2, 0.25) is 5.91 Å². The smallest absolute Gasteiger partial charge is 0.251 e. The summed E-state index contributed by atoms with van der Waals surface area (Å²) in [5, 5.41) is 3.69. The van der Waals surface area contributed by atoms with Gasteiger partial charge in [-0.25, -0.2) is 0 Å². The van der Waals surface area contributed by atoms with Gasteiger partial charge >= 0.3 is 0 Å². The number of hydrogen-bond acceptors (Lipinski definition) is 3. The van der Waals surface area contributed by atoms with Crippen LogP contribution in [0.5, 0.6) is 0 Å². The van der Waals surface area contributed by atoms with Crippen molar-refractivity contribution in [1.82, 2.24) is 10.2 Å². The van der Waals surface area contributed by atoms with E-state index in [1.54, 1.807) is 0 Å².